The average Bonchev–Trinajstić information content (AvgIpc) is 3.23. The smallest absolute Gasteiger partial charge is 0.248 e. The van der Waals surface area contributed by atoms with E-state index in [2.05, 4.69) is 10.1 Å². The first-order valence-electron chi connectivity index (χ1n) is 9.18. The molecule has 29 heavy (non-hydrogen) atoms. The van der Waals surface area contributed by atoms with Crippen molar-refractivity contribution >= 4 is 5.91 Å². The average molecular weight is 386 g/mol. The number of nitrogens with zero attached hydrogens (tertiary/aromatic N) is 3. The molecule has 1 amide bonds. The summed E-state index contributed by atoms with van der Waals surface area (Å²) in [5.41, 5.74) is 9.93. The molecule has 0 aliphatic heterocycles. The molecule has 2 aromatic carbocycles. The zero-order chi connectivity index (χ0) is 20.4. The van der Waals surface area contributed by atoms with E-state index in [-0.39, 0.29) is 11.7 Å². The van der Waals surface area contributed by atoms with Crippen molar-refractivity contribution in [1.29, 1.82) is 0 Å². The van der Waals surface area contributed by atoms with Gasteiger partial charge in [-0.3, -0.25) is 9.78 Å². The summed E-state index contributed by atoms with van der Waals surface area (Å²) in [6.07, 6.45) is 5.30. The summed E-state index contributed by atoms with van der Waals surface area (Å²) in [5.74, 6) is -0.804. The molecule has 2 N–H and O–H groups in total. The van der Waals surface area contributed by atoms with Gasteiger partial charge in [0.1, 0.15) is 11.5 Å². The highest BCUT2D eigenvalue weighted by Crippen LogP contribution is 2.27. The van der Waals surface area contributed by atoms with Crippen molar-refractivity contribution in [2.45, 2.75) is 12.8 Å². The second-order valence-electron chi connectivity index (χ2n) is 6.80. The van der Waals surface area contributed by atoms with Gasteiger partial charge in [-0.1, -0.05) is 31.2 Å². The fraction of sp³-hybridized carbons (Fsp3) is 0.0870. The maximum Gasteiger partial charge on any atom is 0.248 e. The largest absolute Gasteiger partial charge is 0.366 e. The molecular formula is C23H19FN4O. The van der Waals surface area contributed by atoms with Gasteiger partial charge < -0.3 is 5.73 Å². The Morgan fingerprint density at radius 3 is 2.55 bits per heavy atom. The maximum absolute atomic E-state index is 14.0. The number of primary amides is 1. The number of benzene rings is 2. The molecule has 4 aromatic rings. The van der Waals surface area contributed by atoms with Crippen molar-refractivity contribution in [3.63, 3.8) is 0 Å². The van der Waals surface area contributed by atoms with E-state index in [1.165, 1.54) is 10.7 Å². The molecule has 6 heteroatoms. The third kappa shape index (κ3) is 3.78. The van der Waals surface area contributed by atoms with E-state index >= 15 is 0 Å². The summed E-state index contributed by atoms with van der Waals surface area (Å²) >= 11 is 0. The lowest BCUT2D eigenvalue weighted by molar-refractivity contribution is 0.100. The Morgan fingerprint density at radius 1 is 1.07 bits per heavy atom. The predicted octanol–water partition coefficient (Wildman–Crippen LogP) is 4.32. The molecular weight excluding hydrogens is 367 g/mol. The van der Waals surface area contributed by atoms with Crippen molar-refractivity contribution in [2.24, 2.45) is 5.73 Å². The van der Waals surface area contributed by atoms with Gasteiger partial charge in [-0.2, -0.15) is 5.10 Å². The number of rotatable bonds is 5. The number of amides is 1. The van der Waals surface area contributed by atoms with Crippen LogP contribution in [-0.4, -0.2) is 20.7 Å². The highest BCUT2D eigenvalue weighted by Gasteiger charge is 2.15. The Labute approximate surface area is 167 Å². The summed E-state index contributed by atoms with van der Waals surface area (Å²) in [4.78, 5) is 15.8. The first-order valence-corrected chi connectivity index (χ1v) is 9.18. The van der Waals surface area contributed by atoms with E-state index < -0.39 is 5.91 Å². The van der Waals surface area contributed by atoms with Crippen LogP contribution < -0.4 is 5.73 Å². The second kappa shape index (κ2) is 7.67. The number of nitrogens with two attached hydrogens (primary N) is 1. The van der Waals surface area contributed by atoms with Gasteiger partial charge in [0.25, 0.3) is 0 Å². The number of carbonyl (C=O) groups is 1. The molecule has 0 saturated heterocycles. The number of halogens is 1. The first-order chi connectivity index (χ1) is 14.0. The summed E-state index contributed by atoms with van der Waals surface area (Å²) in [6, 6.07) is 17.6. The number of carbonyl (C=O) groups excluding carboxylic acids is 1. The molecule has 4 rings (SSSR count). The lowest BCUT2D eigenvalue weighted by atomic mass is 9.97. The molecule has 2 aromatic heterocycles. The first kappa shape index (κ1) is 18.6. The summed E-state index contributed by atoms with van der Waals surface area (Å²) in [6.45, 7) is 2.03. The van der Waals surface area contributed by atoms with Crippen LogP contribution in [0.15, 0.2) is 79.3 Å². The quantitative estimate of drug-likeness (QED) is 0.555. The molecule has 144 valence electrons. The fourth-order valence-corrected chi connectivity index (χ4v) is 3.19. The maximum atomic E-state index is 14.0. The van der Waals surface area contributed by atoms with Gasteiger partial charge in [-0.05, 0) is 53.1 Å². The molecule has 1 atom stereocenters. The Bertz CT molecular complexity index is 1170. The van der Waals surface area contributed by atoms with Crippen LogP contribution in [0.25, 0.3) is 16.8 Å². The highest BCUT2D eigenvalue weighted by atomic mass is 19.1. The number of pyridine rings is 1. The van der Waals surface area contributed by atoms with Crippen LogP contribution in [0.4, 0.5) is 4.39 Å². The van der Waals surface area contributed by atoms with Gasteiger partial charge >= 0.3 is 0 Å². The van der Waals surface area contributed by atoms with E-state index in [1.807, 2.05) is 37.4 Å². The molecule has 0 spiro atoms. The lowest BCUT2D eigenvalue weighted by Gasteiger charge is -2.11. The van der Waals surface area contributed by atoms with Gasteiger partial charge in [-0.25, -0.2) is 9.07 Å². The topological polar surface area (TPSA) is 73.8 Å². The monoisotopic (exact) mass is 386 g/mol. The molecule has 0 aliphatic rings. The normalized spacial score (nSPS) is 11.9. The molecule has 0 aliphatic carbocycles. The third-order valence-electron chi connectivity index (χ3n) is 4.93. The van der Waals surface area contributed by atoms with Crippen molar-refractivity contribution in [2.75, 3.05) is 0 Å². The van der Waals surface area contributed by atoms with Crippen molar-refractivity contribution < 1.29 is 9.18 Å². The summed E-state index contributed by atoms with van der Waals surface area (Å²) in [5, 5.41) is 4.31. The summed E-state index contributed by atoms with van der Waals surface area (Å²) in [7, 11) is 0. The van der Waals surface area contributed by atoms with Gasteiger partial charge in [0, 0.05) is 29.6 Å². The number of aromatic nitrogens is 3. The molecule has 0 radical (unpaired) electrons. The Balaban J connectivity index is 1.62. The van der Waals surface area contributed by atoms with Gasteiger partial charge in [0.05, 0.1) is 6.20 Å². The molecule has 0 saturated carbocycles. The van der Waals surface area contributed by atoms with Gasteiger partial charge in [0.15, 0.2) is 0 Å². The zero-order valence-electron chi connectivity index (χ0n) is 15.8. The minimum absolute atomic E-state index is 0.0274. The Hall–Kier alpha value is -3.80. The molecule has 0 bridgehead atoms. The minimum Gasteiger partial charge on any atom is -0.366 e. The van der Waals surface area contributed by atoms with Crippen LogP contribution in [0.3, 0.4) is 0 Å². The van der Waals surface area contributed by atoms with E-state index in [4.69, 9.17) is 5.73 Å². The third-order valence-corrected chi connectivity index (χ3v) is 4.93. The molecule has 2 heterocycles. The fourth-order valence-electron chi connectivity index (χ4n) is 3.19. The van der Waals surface area contributed by atoms with E-state index in [0.717, 1.165) is 22.4 Å². The molecule has 5 nitrogen and oxygen atoms in total. The second-order valence-corrected chi connectivity index (χ2v) is 6.80. The van der Waals surface area contributed by atoms with Gasteiger partial charge in [0.2, 0.25) is 5.91 Å². The van der Waals surface area contributed by atoms with Crippen LogP contribution in [-0.2, 0) is 0 Å². The van der Waals surface area contributed by atoms with Crippen molar-refractivity contribution in [3.8, 4) is 16.8 Å². The standard InChI is InChI=1S/C23H19FN4O/c1-15(19-13-27-28(14-19)22-5-3-2-4-20(22)24)21-12-18(10-11-26-21)16-6-8-17(9-7-16)23(25)29/h2-15H,1H3,(H2,25,29). The van der Waals surface area contributed by atoms with Crippen molar-refractivity contribution in [3.05, 3.63) is 102 Å². The lowest BCUT2D eigenvalue weighted by Crippen LogP contribution is -2.10. The predicted molar refractivity (Wildman–Crippen MR) is 109 cm³/mol. The van der Waals surface area contributed by atoms with Crippen LogP contribution in [0.2, 0.25) is 0 Å². The van der Waals surface area contributed by atoms with E-state index in [0.29, 0.717) is 11.3 Å². The van der Waals surface area contributed by atoms with Crippen molar-refractivity contribution in [1.82, 2.24) is 14.8 Å². The summed E-state index contributed by atoms with van der Waals surface area (Å²) < 4.78 is 15.6. The van der Waals surface area contributed by atoms with E-state index in [9.17, 15) is 9.18 Å². The highest BCUT2D eigenvalue weighted by molar-refractivity contribution is 5.93. The number of para-hydroxylation sites is 1. The van der Waals surface area contributed by atoms with Crippen LogP contribution >= 0.6 is 0 Å². The number of hydrogen-bond donors (Lipinski definition) is 1. The zero-order valence-corrected chi connectivity index (χ0v) is 15.8. The van der Waals surface area contributed by atoms with Crippen LogP contribution in [0.1, 0.15) is 34.5 Å². The molecule has 1 unspecified atom stereocenters. The Kier molecular flexibility index (Phi) is 4.91. The van der Waals surface area contributed by atoms with Crippen LogP contribution in [0, 0.1) is 5.82 Å². The SMILES string of the molecule is CC(c1cnn(-c2ccccc2F)c1)c1cc(-c2ccc(C(N)=O)cc2)ccn1. The van der Waals surface area contributed by atoms with Crippen LogP contribution in [0.5, 0.6) is 0 Å². The molecule has 0 fully saturated rings. The number of hydrogen-bond acceptors (Lipinski definition) is 3. The van der Waals surface area contributed by atoms with Gasteiger partial charge in [-0.15, -0.1) is 0 Å². The minimum atomic E-state index is -0.451. The van der Waals surface area contributed by atoms with E-state index in [1.54, 1.807) is 42.7 Å². The Morgan fingerprint density at radius 2 is 1.83 bits per heavy atom.